The van der Waals surface area contributed by atoms with Crippen LogP contribution in [-0.2, 0) is 0 Å². The van der Waals surface area contributed by atoms with Crippen molar-refractivity contribution in [3.63, 3.8) is 0 Å². The molecule has 15 heavy (non-hydrogen) atoms. The number of methoxy groups -OCH3 is 1. The lowest BCUT2D eigenvalue weighted by atomic mass is 9.94. The number of hydrogen-bond donors (Lipinski definition) is 1. The first kappa shape index (κ1) is 10.3. The van der Waals surface area contributed by atoms with Crippen molar-refractivity contribution in [2.75, 3.05) is 20.2 Å². The van der Waals surface area contributed by atoms with Crippen LogP contribution in [0.4, 0.5) is 0 Å². The van der Waals surface area contributed by atoms with E-state index in [4.69, 9.17) is 10.6 Å². The molecule has 1 aromatic rings. The maximum Gasteiger partial charge on any atom is 0.216 e. The highest BCUT2D eigenvalue weighted by molar-refractivity contribution is 5.17. The molecule has 0 aliphatic carbocycles. The third-order valence-corrected chi connectivity index (χ3v) is 2.82. The van der Waals surface area contributed by atoms with Gasteiger partial charge in [-0.15, -0.1) is 0 Å². The summed E-state index contributed by atoms with van der Waals surface area (Å²) >= 11 is 0. The highest BCUT2D eigenvalue weighted by Gasteiger charge is 2.20. The number of rotatable bonds is 2. The van der Waals surface area contributed by atoms with Crippen molar-refractivity contribution in [1.29, 1.82) is 0 Å². The van der Waals surface area contributed by atoms with Gasteiger partial charge in [0.25, 0.3) is 0 Å². The van der Waals surface area contributed by atoms with E-state index in [0.717, 1.165) is 31.6 Å². The van der Waals surface area contributed by atoms with E-state index >= 15 is 0 Å². The van der Waals surface area contributed by atoms with Gasteiger partial charge in [0.1, 0.15) is 6.33 Å². The number of nitrogens with two attached hydrogens (primary N) is 1. The van der Waals surface area contributed by atoms with Crippen LogP contribution in [0.15, 0.2) is 12.4 Å². The van der Waals surface area contributed by atoms with Crippen molar-refractivity contribution in [1.82, 2.24) is 15.0 Å². The molecule has 2 heterocycles. The molecule has 0 spiro atoms. The van der Waals surface area contributed by atoms with Crippen LogP contribution in [0, 0.1) is 0 Å². The molecule has 5 nitrogen and oxygen atoms in total. The fourth-order valence-electron chi connectivity index (χ4n) is 1.88. The monoisotopic (exact) mass is 208 g/mol. The predicted molar refractivity (Wildman–Crippen MR) is 56.3 cm³/mol. The normalized spacial score (nSPS) is 19.1. The van der Waals surface area contributed by atoms with Crippen LogP contribution in [0.3, 0.4) is 0 Å². The van der Waals surface area contributed by atoms with Gasteiger partial charge in [-0.2, -0.15) is 0 Å². The summed E-state index contributed by atoms with van der Waals surface area (Å²) in [7, 11) is 1.62. The average Bonchev–Trinajstić information content (AvgIpc) is 2.30. The molecule has 5 heteroatoms. The van der Waals surface area contributed by atoms with Gasteiger partial charge in [0.05, 0.1) is 12.8 Å². The van der Waals surface area contributed by atoms with Crippen molar-refractivity contribution in [2.45, 2.75) is 18.8 Å². The molecule has 0 bridgehead atoms. The Morgan fingerprint density at radius 1 is 1.40 bits per heavy atom. The first-order valence-corrected chi connectivity index (χ1v) is 5.15. The lowest BCUT2D eigenvalue weighted by Crippen LogP contribution is -2.38. The standard InChI is InChI=1S/C10H16N4O/c1-15-10-6-9(12-7-13-10)8-2-4-14(11)5-3-8/h6-8H,2-5,11H2,1H3. The van der Waals surface area contributed by atoms with Crippen LogP contribution in [-0.4, -0.2) is 35.2 Å². The van der Waals surface area contributed by atoms with Crippen LogP contribution < -0.4 is 10.6 Å². The van der Waals surface area contributed by atoms with Crippen LogP contribution in [0.2, 0.25) is 0 Å². The molecular weight excluding hydrogens is 192 g/mol. The zero-order valence-corrected chi connectivity index (χ0v) is 8.89. The summed E-state index contributed by atoms with van der Waals surface area (Å²) in [6.07, 6.45) is 3.66. The Labute approximate surface area is 89.2 Å². The van der Waals surface area contributed by atoms with E-state index in [1.807, 2.05) is 11.1 Å². The molecule has 0 radical (unpaired) electrons. The number of hydrogen-bond acceptors (Lipinski definition) is 5. The predicted octanol–water partition coefficient (Wildman–Crippen LogP) is 0.538. The molecule has 1 aromatic heterocycles. The SMILES string of the molecule is COc1cc(C2CCN(N)CC2)ncn1. The molecule has 82 valence electrons. The summed E-state index contributed by atoms with van der Waals surface area (Å²) in [6, 6.07) is 1.91. The average molecular weight is 208 g/mol. The first-order chi connectivity index (χ1) is 7.29. The van der Waals surface area contributed by atoms with Crippen LogP contribution >= 0.6 is 0 Å². The van der Waals surface area contributed by atoms with Crippen LogP contribution in [0.5, 0.6) is 5.88 Å². The Morgan fingerprint density at radius 2 is 2.13 bits per heavy atom. The fourth-order valence-corrected chi connectivity index (χ4v) is 1.88. The third kappa shape index (κ3) is 2.43. The molecule has 0 saturated carbocycles. The Morgan fingerprint density at radius 3 is 2.80 bits per heavy atom. The Hall–Kier alpha value is -1.20. The molecule has 1 aliphatic rings. The van der Waals surface area contributed by atoms with Crippen LogP contribution in [0.25, 0.3) is 0 Å². The van der Waals surface area contributed by atoms with Gasteiger partial charge in [0, 0.05) is 25.1 Å². The van der Waals surface area contributed by atoms with E-state index in [0.29, 0.717) is 11.8 Å². The fraction of sp³-hybridized carbons (Fsp3) is 0.600. The number of ether oxygens (including phenoxy) is 1. The van der Waals surface area contributed by atoms with E-state index in [-0.39, 0.29) is 0 Å². The zero-order valence-electron chi connectivity index (χ0n) is 8.89. The minimum Gasteiger partial charge on any atom is -0.481 e. The van der Waals surface area contributed by atoms with E-state index in [1.54, 1.807) is 13.4 Å². The molecule has 0 atom stereocenters. The molecule has 0 aromatic carbocycles. The largest absolute Gasteiger partial charge is 0.481 e. The zero-order chi connectivity index (χ0) is 10.7. The topological polar surface area (TPSA) is 64.3 Å². The molecule has 2 N–H and O–H groups in total. The Kier molecular flexibility index (Phi) is 3.13. The van der Waals surface area contributed by atoms with Crippen molar-refractivity contribution < 1.29 is 4.74 Å². The molecule has 1 saturated heterocycles. The van der Waals surface area contributed by atoms with E-state index < -0.39 is 0 Å². The summed E-state index contributed by atoms with van der Waals surface area (Å²) < 4.78 is 5.08. The van der Waals surface area contributed by atoms with Gasteiger partial charge in [-0.05, 0) is 12.8 Å². The van der Waals surface area contributed by atoms with Gasteiger partial charge < -0.3 is 4.74 Å². The van der Waals surface area contributed by atoms with Gasteiger partial charge in [0.15, 0.2) is 0 Å². The maximum atomic E-state index is 5.71. The van der Waals surface area contributed by atoms with Gasteiger partial charge in [-0.25, -0.2) is 15.0 Å². The van der Waals surface area contributed by atoms with E-state index in [2.05, 4.69) is 9.97 Å². The third-order valence-electron chi connectivity index (χ3n) is 2.82. The Bertz CT molecular complexity index is 323. The van der Waals surface area contributed by atoms with Gasteiger partial charge in [-0.1, -0.05) is 0 Å². The Balaban J connectivity index is 2.08. The van der Waals surface area contributed by atoms with Gasteiger partial charge >= 0.3 is 0 Å². The molecule has 2 rings (SSSR count). The minimum absolute atomic E-state index is 0.488. The molecule has 1 fully saturated rings. The van der Waals surface area contributed by atoms with Gasteiger partial charge in [-0.3, -0.25) is 5.84 Å². The van der Waals surface area contributed by atoms with Crippen molar-refractivity contribution in [3.05, 3.63) is 18.1 Å². The van der Waals surface area contributed by atoms with E-state index in [9.17, 15) is 0 Å². The van der Waals surface area contributed by atoms with E-state index in [1.165, 1.54) is 0 Å². The summed E-state index contributed by atoms with van der Waals surface area (Å²) in [4.78, 5) is 8.28. The second-order valence-corrected chi connectivity index (χ2v) is 3.80. The van der Waals surface area contributed by atoms with Crippen molar-refractivity contribution >= 4 is 0 Å². The lowest BCUT2D eigenvalue weighted by molar-refractivity contribution is 0.215. The second-order valence-electron chi connectivity index (χ2n) is 3.80. The molecular formula is C10H16N4O. The molecule has 1 aliphatic heterocycles. The highest BCUT2D eigenvalue weighted by atomic mass is 16.5. The highest BCUT2D eigenvalue weighted by Crippen LogP contribution is 2.26. The maximum absolute atomic E-state index is 5.71. The summed E-state index contributed by atoms with van der Waals surface area (Å²) in [5.41, 5.74) is 1.06. The first-order valence-electron chi connectivity index (χ1n) is 5.15. The van der Waals surface area contributed by atoms with Crippen LogP contribution in [0.1, 0.15) is 24.5 Å². The molecule has 0 amide bonds. The summed E-state index contributed by atoms with van der Waals surface area (Å²) in [6.45, 7) is 1.86. The number of hydrazine groups is 1. The van der Waals surface area contributed by atoms with Gasteiger partial charge in [0.2, 0.25) is 5.88 Å². The quantitative estimate of drug-likeness (QED) is 0.718. The summed E-state index contributed by atoms with van der Waals surface area (Å²) in [5, 5.41) is 1.86. The van der Waals surface area contributed by atoms with Crippen molar-refractivity contribution in [3.8, 4) is 5.88 Å². The smallest absolute Gasteiger partial charge is 0.216 e. The lowest BCUT2D eigenvalue weighted by Gasteiger charge is -2.27. The van der Waals surface area contributed by atoms with Crippen molar-refractivity contribution in [2.24, 2.45) is 5.84 Å². The number of aromatic nitrogens is 2. The summed E-state index contributed by atoms with van der Waals surface area (Å²) in [5.74, 6) is 6.83. The number of nitrogens with zero attached hydrogens (tertiary/aromatic N) is 3. The molecule has 0 unspecified atom stereocenters. The minimum atomic E-state index is 0.488. The number of piperidine rings is 1. The second kappa shape index (κ2) is 4.55.